The summed E-state index contributed by atoms with van der Waals surface area (Å²) in [4.78, 5) is 37.8. The zero-order chi connectivity index (χ0) is 21.1. The summed E-state index contributed by atoms with van der Waals surface area (Å²) >= 11 is 0. The Bertz CT molecular complexity index is 938. The first-order valence-corrected chi connectivity index (χ1v) is 9.90. The number of fused-ring (bicyclic) bond motifs is 3. The maximum absolute atomic E-state index is 13.2. The summed E-state index contributed by atoms with van der Waals surface area (Å²) in [6, 6.07) is 14.7. The van der Waals surface area contributed by atoms with Gasteiger partial charge in [-0.1, -0.05) is 56.3 Å². The third-order valence-electron chi connectivity index (χ3n) is 5.29. The van der Waals surface area contributed by atoms with Crippen LogP contribution in [-0.2, 0) is 14.4 Å². The van der Waals surface area contributed by atoms with Crippen LogP contribution in [0.15, 0.2) is 48.5 Å². The van der Waals surface area contributed by atoms with Gasteiger partial charge in [0, 0.05) is 11.5 Å². The largest absolute Gasteiger partial charge is 0.299 e. The standard InChI is InChI=1S/C23H27N3O3/c1-14(2)21(27)13-24-16(4)22(28)25-26-20-12-8-7-11-19(20)18-10-6-5-9-17(18)15(3)23(26)29/h5-12,14-16,24H,13H2,1-4H3,(H,25,28)/t15?,16-/m0/s1. The number of hydrazine groups is 1. The first kappa shape index (κ1) is 20.7. The van der Waals surface area contributed by atoms with Gasteiger partial charge < -0.3 is 0 Å². The molecule has 0 fully saturated rings. The number of carbonyl (C=O) groups excluding carboxylic acids is 3. The van der Waals surface area contributed by atoms with E-state index in [4.69, 9.17) is 0 Å². The molecule has 6 heteroatoms. The van der Waals surface area contributed by atoms with Crippen molar-refractivity contribution in [3.63, 3.8) is 0 Å². The highest BCUT2D eigenvalue weighted by Crippen LogP contribution is 2.39. The van der Waals surface area contributed by atoms with Gasteiger partial charge in [0.15, 0.2) is 0 Å². The monoisotopic (exact) mass is 393 g/mol. The predicted molar refractivity (Wildman–Crippen MR) is 113 cm³/mol. The van der Waals surface area contributed by atoms with Crippen molar-refractivity contribution in [3.05, 3.63) is 54.1 Å². The van der Waals surface area contributed by atoms with Crippen LogP contribution in [0.5, 0.6) is 0 Å². The predicted octanol–water partition coefficient (Wildman–Crippen LogP) is 3.04. The number of anilines is 1. The second kappa shape index (κ2) is 8.57. The van der Waals surface area contributed by atoms with Crippen LogP contribution < -0.4 is 15.8 Å². The lowest BCUT2D eigenvalue weighted by Crippen LogP contribution is -2.54. The number of nitrogens with zero attached hydrogens (tertiary/aromatic N) is 1. The number of para-hydroxylation sites is 1. The minimum Gasteiger partial charge on any atom is -0.299 e. The van der Waals surface area contributed by atoms with Crippen LogP contribution in [0, 0.1) is 5.92 Å². The van der Waals surface area contributed by atoms with Gasteiger partial charge in [0.2, 0.25) is 0 Å². The number of hydrogen-bond donors (Lipinski definition) is 2. The number of Topliss-reactive ketones (excluding diaryl/α,β-unsaturated/α-hetero) is 1. The molecule has 0 spiro atoms. The normalized spacial score (nSPS) is 16.7. The molecule has 6 nitrogen and oxygen atoms in total. The third kappa shape index (κ3) is 4.22. The molecule has 152 valence electrons. The van der Waals surface area contributed by atoms with Gasteiger partial charge in [-0.25, -0.2) is 5.01 Å². The summed E-state index contributed by atoms with van der Waals surface area (Å²) in [7, 11) is 0. The van der Waals surface area contributed by atoms with Gasteiger partial charge >= 0.3 is 0 Å². The minimum atomic E-state index is -0.626. The molecule has 2 atom stereocenters. The minimum absolute atomic E-state index is 0.0323. The van der Waals surface area contributed by atoms with Gasteiger partial charge in [-0.3, -0.25) is 25.1 Å². The van der Waals surface area contributed by atoms with E-state index in [0.717, 1.165) is 16.7 Å². The molecule has 2 N–H and O–H groups in total. The SMILES string of the molecule is CC(C)C(=O)CN[C@@H](C)C(=O)NN1C(=O)C(C)c2ccccc2-c2ccccc21. The van der Waals surface area contributed by atoms with Crippen LogP contribution in [0.3, 0.4) is 0 Å². The number of ketones is 1. The lowest BCUT2D eigenvalue weighted by Gasteiger charge is -2.27. The lowest BCUT2D eigenvalue weighted by atomic mass is 9.92. The molecule has 0 bridgehead atoms. The maximum atomic E-state index is 13.2. The summed E-state index contributed by atoms with van der Waals surface area (Å²) in [5.74, 6) is -1.06. The Kier molecular flexibility index (Phi) is 6.13. The Hall–Kier alpha value is -2.99. The second-order valence-electron chi connectivity index (χ2n) is 7.70. The molecule has 2 aromatic carbocycles. The Labute approximate surface area is 171 Å². The summed E-state index contributed by atoms with van der Waals surface area (Å²) < 4.78 is 0. The molecule has 0 saturated heterocycles. The molecule has 2 amide bonds. The molecule has 1 unspecified atom stereocenters. The van der Waals surface area contributed by atoms with Crippen LogP contribution in [0.2, 0.25) is 0 Å². The summed E-state index contributed by atoms with van der Waals surface area (Å²) in [6.45, 7) is 7.27. The fourth-order valence-corrected chi connectivity index (χ4v) is 3.33. The molecular weight excluding hydrogens is 366 g/mol. The van der Waals surface area contributed by atoms with Crippen molar-refractivity contribution < 1.29 is 14.4 Å². The van der Waals surface area contributed by atoms with E-state index < -0.39 is 12.0 Å². The van der Waals surface area contributed by atoms with Gasteiger partial charge in [-0.2, -0.15) is 0 Å². The van der Waals surface area contributed by atoms with Gasteiger partial charge in [0.25, 0.3) is 11.8 Å². The number of hydrogen-bond acceptors (Lipinski definition) is 4. The van der Waals surface area contributed by atoms with Crippen molar-refractivity contribution in [1.82, 2.24) is 10.7 Å². The zero-order valence-electron chi connectivity index (χ0n) is 17.2. The van der Waals surface area contributed by atoms with Crippen LogP contribution >= 0.6 is 0 Å². The average Bonchev–Trinajstić information content (AvgIpc) is 2.81. The van der Waals surface area contributed by atoms with Crippen LogP contribution in [0.1, 0.15) is 39.2 Å². The fourth-order valence-electron chi connectivity index (χ4n) is 3.33. The highest BCUT2D eigenvalue weighted by Gasteiger charge is 2.32. The number of carbonyl (C=O) groups is 3. The quantitative estimate of drug-likeness (QED) is 0.791. The highest BCUT2D eigenvalue weighted by atomic mass is 16.2. The average molecular weight is 393 g/mol. The van der Waals surface area contributed by atoms with E-state index in [2.05, 4.69) is 10.7 Å². The smallest absolute Gasteiger partial charge is 0.255 e. The van der Waals surface area contributed by atoms with Crippen molar-refractivity contribution >= 4 is 23.3 Å². The lowest BCUT2D eigenvalue weighted by molar-refractivity contribution is -0.128. The molecule has 29 heavy (non-hydrogen) atoms. The van der Waals surface area contributed by atoms with Crippen LogP contribution in [0.4, 0.5) is 5.69 Å². The number of benzene rings is 2. The van der Waals surface area contributed by atoms with Crippen molar-refractivity contribution in [2.45, 2.75) is 39.7 Å². The molecule has 0 radical (unpaired) electrons. The van der Waals surface area contributed by atoms with Crippen molar-refractivity contribution in [1.29, 1.82) is 0 Å². The van der Waals surface area contributed by atoms with E-state index in [1.165, 1.54) is 5.01 Å². The summed E-state index contributed by atoms with van der Waals surface area (Å²) in [5.41, 5.74) is 6.18. The van der Waals surface area contributed by atoms with E-state index in [1.54, 1.807) is 6.92 Å². The van der Waals surface area contributed by atoms with E-state index in [1.807, 2.05) is 69.3 Å². The molecule has 0 saturated carbocycles. The second-order valence-corrected chi connectivity index (χ2v) is 7.70. The van der Waals surface area contributed by atoms with E-state index in [-0.39, 0.29) is 30.1 Å². The Morgan fingerprint density at radius 1 is 1.00 bits per heavy atom. The van der Waals surface area contributed by atoms with E-state index >= 15 is 0 Å². The van der Waals surface area contributed by atoms with Crippen molar-refractivity contribution in [2.24, 2.45) is 5.92 Å². The maximum Gasteiger partial charge on any atom is 0.255 e. The third-order valence-corrected chi connectivity index (χ3v) is 5.29. The van der Waals surface area contributed by atoms with Gasteiger partial charge in [0.1, 0.15) is 5.78 Å². The fraction of sp³-hybridized carbons (Fsp3) is 0.348. The van der Waals surface area contributed by atoms with Gasteiger partial charge in [-0.15, -0.1) is 0 Å². The van der Waals surface area contributed by atoms with E-state index in [9.17, 15) is 14.4 Å². The number of nitrogens with one attached hydrogen (secondary N) is 2. The summed E-state index contributed by atoms with van der Waals surface area (Å²) in [5, 5.41) is 4.27. The van der Waals surface area contributed by atoms with Crippen LogP contribution in [0.25, 0.3) is 11.1 Å². The Balaban J connectivity index is 1.87. The number of amides is 2. The van der Waals surface area contributed by atoms with Gasteiger partial charge in [0.05, 0.1) is 24.2 Å². The Morgan fingerprint density at radius 3 is 2.31 bits per heavy atom. The number of rotatable bonds is 6. The molecule has 1 heterocycles. The molecule has 0 aromatic heterocycles. The van der Waals surface area contributed by atoms with Gasteiger partial charge in [-0.05, 0) is 31.0 Å². The molecule has 0 aliphatic carbocycles. The highest BCUT2D eigenvalue weighted by molar-refractivity contribution is 6.06. The molecular formula is C23H27N3O3. The zero-order valence-corrected chi connectivity index (χ0v) is 17.2. The molecule has 3 rings (SSSR count). The Morgan fingerprint density at radius 2 is 1.62 bits per heavy atom. The molecule has 2 aromatic rings. The van der Waals surface area contributed by atoms with Crippen molar-refractivity contribution in [3.8, 4) is 11.1 Å². The first-order chi connectivity index (χ1) is 13.8. The topological polar surface area (TPSA) is 78.5 Å². The molecule has 1 aliphatic heterocycles. The first-order valence-electron chi connectivity index (χ1n) is 9.90. The molecule has 1 aliphatic rings. The van der Waals surface area contributed by atoms with Crippen molar-refractivity contribution in [2.75, 3.05) is 11.6 Å². The van der Waals surface area contributed by atoms with Crippen LogP contribution in [-0.4, -0.2) is 30.2 Å². The summed E-state index contributed by atoms with van der Waals surface area (Å²) in [6.07, 6.45) is 0. The van der Waals surface area contributed by atoms with E-state index in [0.29, 0.717) is 5.69 Å².